The van der Waals surface area contributed by atoms with Gasteiger partial charge in [0, 0.05) is 10.2 Å². The van der Waals surface area contributed by atoms with Crippen LogP contribution in [0, 0.1) is 0 Å². The molecular weight excluding hydrogens is 394 g/mol. The summed E-state index contributed by atoms with van der Waals surface area (Å²) in [6.45, 7) is 4.08. The topological polar surface area (TPSA) is 47.6 Å². The van der Waals surface area contributed by atoms with E-state index in [1.807, 2.05) is 18.2 Å². The van der Waals surface area contributed by atoms with Crippen molar-refractivity contribution < 1.29 is 14.3 Å². The molecule has 0 aliphatic rings. The third-order valence-corrected chi connectivity index (χ3v) is 4.18. The summed E-state index contributed by atoms with van der Waals surface area (Å²) in [6.07, 6.45) is 0. The molecule has 0 aliphatic carbocycles. The van der Waals surface area contributed by atoms with Crippen LogP contribution < -0.4 is 14.8 Å². The molecule has 2 aromatic carbocycles. The van der Waals surface area contributed by atoms with Gasteiger partial charge in [-0.15, -0.1) is 0 Å². The second kappa shape index (κ2) is 8.40. The Bertz CT molecular complexity index is 734. The van der Waals surface area contributed by atoms with Crippen LogP contribution in [0.2, 0.25) is 5.02 Å². The molecule has 0 atom stereocenters. The minimum atomic E-state index is -0.256. The molecule has 0 saturated heterocycles. The summed E-state index contributed by atoms with van der Waals surface area (Å²) in [5, 5.41) is 3.19. The van der Waals surface area contributed by atoms with Crippen molar-refractivity contribution in [3.63, 3.8) is 0 Å². The fourth-order valence-corrected chi connectivity index (χ4v) is 2.82. The van der Waals surface area contributed by atoms with E-state index in [4.69, 9.17) is 21.1 Å². The van der Waals surface area contributed by atoms with E-state index in [2.05, 4.69) is 35.1 Å². The Kier molecular flexibility index (Phi) is 6.52. The van der Waals surface area contributed by atoms with Crippen LogP contribution in [0.15, 0.2) is 40.9 Å². The van der Waals surface area contributed by atoms with Crippen LogP contribution in [0.5, 0.6) is 11.5 Å². The molecule has 2 rings (SSSR count). The highest BCUT2D eigenvalue weighted by Gasteiger charge is 2.11. The number of halogens is 2. The van der Waals surface area contributed by atoms with Crippen molar-refractivity contribution in [1.82, 2.24) is 0 Å². The molecule has 6 heteroatoms. The van der Waals surface area contributed by atoms with Crippen LogP contribution in [-0.2, 0) is 4.79 Å². The first kappa shape index (κ1) is 18.6. The number of methoxy groups -OCH3 is 1. The molecule has 1 N–H and O–H groups in total. The van der Waals surface area contributed by atoms with Crippen molar-refractivity contribution in [2.75, 3.05) is 19.0 Å². The first-order valence-electron chi connectivity index (χ1n) is 7.46. The predicted octanol–water partition coefficient (Wildman–Crippen LogP) is 5.25. The van der Waals surface area contributed by atoms with E-state index in [0.29, 0.717) is 28.1 Å². The smallest absolute Gasteiger partial charge is 0.262 e. The lowest BCUT2D eigenvalue weighted by atomic mass is 10.0. The molecule has 0 unspecified atom stereocenters. The lowest BCUT2D eigenvalue weighted by Crippen LogP contribution is -2.20. The maximum atomic E-state index is 12.1. The molecule has 0 spiro atoms. The number of carbonyl (C=O) groups is 1. The molecular formula is C18H19BrClNO3. The van der Waals surface area contributed by atoms with E-state index in [1.165, 1.54) is 7.11 Å². The molecule has 0 radical (unpaired) electrons. The molecule has 24 heavy (non-hydrogen) atoms. The molecule has 0 bridgehead atoms. The molecule has 0 fully saturated rings. The highest BCUT2D eigenvalue weighted by Crippen LogP contribution is 2.30. The molecule has 0 heterocycles. The maximum absolute atomic E-state index is 12.1. The SMILES string of the molecule is COc1ccc(NC(=O)COc2ccc(Br)cc2C(C)C)cc1Cl. The number of anilines is 1. The Morgan fingerprint density at radius 3 is 2.54 bits per heavy atom. The van der Waals surface area contributed by atoms with Gasteiger partial charge in [-0.2, -0.15) is 0 Å². The zero-order valence-corrected chi connectivity index (χ0v) is 16.1. The van der Waals surface area contributed by atoms with Gasteiger partial charge >= 0.3 is 0 Å². The van der Waals surface area contributed by atoms with Crippen LogP contribution in [0.3, 0.4) is 0 Å². The van der Waals surface area contributed by atoms with Crippen LogP contribution >= 0.6 is 27.5 Å². The van der Waals surface area contributed by atoms with Crippen molar-refractivity contribution in [3.05, 3.63) is 51.5 Å². The highest BCUT2D eigenvalue weighted by molar-refractivity contribution is 9.10. The number of carbonyl (C=O) groups excluding carboxylic acids is 1. The zero-order valence-electron chi connectivity index (χ0n) is 13.7. The number of hydrogen-bond acceptors (Lipinski definition) is 3. The van der Waals surface area contributed by atoms with Gasteiger partial charge in [-0.1, -0.05) is 41.4 Å². The van der Waals surface area contributed by atoms with Gasteiger partial charge in [0.15, 0.2) is 6.61 Å². The van der Waals surface area contributed by atoms with E-state index in [1.54, 1.807) is 18.2 Å². The highest BCUT2D eigenvalue weighted by atomic mass is 79.9. The summed E-state index contributed by atoms with van der Waals surface area (Å²) in [5.74, 6) is 1.30. The molecule has 0 saturated carbocycles. The third kappa shape index (κ3) is 4.89. The third-order valence-electron chi connectivity index (χ3n) is 3.39. The molecule has 0 aromatic heterocycles. The van der Waals surface area contributed by atoms with Gasteiger partial charge in [0.1, 0.15) is 11.5 Å². The fourth-order valence-electron chi connectivity index (χ4n) is 2.19. The van der Waals surface area contributed by atoms with E-state index >= 15 is 0 Å². The van der Waals surface area contributed by atoms with Crippen molar-refractivity contribution in [2.24, 2.45) is 0 Å². The summed E-state index contributed by atoms with van der Waals surface area (Å²) in [6, 6.07) is 10.8. The summed E-state index contributed by atoms with van der Waals surface area (Å²) in [5.41, 5.74) is 1.64. The molecule has 0 aliphatic heterocycles. The Morgan fingerprint density at radius 1 is 1.21 bits per heavy atom. The second-order valence-electron chi connectivity index (χ2n) is 5.52. The quantitative estimate of drug-likeness (QED) is 0.704. The Balaban J connectivity index is 2.00. The first-order valence-corrected chi connectivity index (χ1v) is 8.63. The normalized spacial score (nSPS) is 10.6. The summed E-state index contributed by atoms with van der Waals surface area (Å²) >= 11 is 9.49. The number of ether oxygens (including phenoxy) is 2. The maximum Gasteiger partial charge on any atom is 0.262 e. The van der Waals surface area contributed by atoms with Crippen LogP contribution in [0.25, 0.3) is 0 Å². The number of hydrogen-bond donors (Lipinski definition) is 1. The molecule has 1 amide bonds. The lowest BCUT2D eigenvalue weighted by Gasteiger charge is -2.14. The average Bonchev–Trinajstić information content (AvgIpc) is 2.53. The van der Waals surface area contributed by atoms with Gasteiger partial charge in [-0.25, -0.2) is 0 Å². The van der Waals surface area contributed by atoms with Crippen molar-refractivity contribution in [3.8, 4) is 11.5 Å². The van der Waals surface area contributed by atoms with Crippen molar-refractivity contribution >= 4 is 39.1 Å². The number of rotatable bonds is 6. The van der Waals surface area contributed by atoms with Crippen molar-refractivity contribution in [1.29, 1.82) is 0 Å². The van der Waals surface area contributed by atoms with E-state index in [-0.39, 0.29) is 12.5 Å². The summed E-state index contributed by atoms with van der Waals surface area (Å²) < 4.78 is 11.7. The molecule has 4 nitrogen and oxygen atoms in total. The van der Waals surface area contributed by atoms with E-state index < -0.39 is 0 Å². The monoisotopic (exact) mass is 411 g/mol. The Labute approximate surface area is 155 Å². The minimum Gasteiger partial charge on any atom is -0.495 e. The Hall–Kier alpha value is -1.72. The average molecular weight is 413 g/mol. The molecule has 128 valence electrons. The van der Waals surface area contributed by atoms with Gasteiger partial charge in [-0.05, 0) is 47.9 Å². The van der Waals surface area contributed by atoms with E-state index in [0.717, 1.165) is 10.0 Å². The lowest BCUT2D eigenvalue weighted by molar-refractivity contribution is -0.118. The number of benzene rings is 2. The van der Waals surface area contributed by atoms with Gasteiger partial charge in [-0.3, -0.25) is 4.79 Å². The molecule has 2 aromatic rings. The summed E-state index contributed by atoms with van der Waals surface area (Å²) in [4.78, 5) is 12.1. The van der Waals surface area contributed by atoms with Gasteiger partial charge in [0.2, 0.25) is 0 Å². The Morgan fingerprint density at radius 2 is 1.92 bits per heavy atom. The van der Waals surface area contributed by atoms with E-state index in [9.17, 15) is 4.79 Å². The van der Waals surface area contributed by atoms with Crippen molar-refractivity contribution in [2.45, 2.75) is 19.8 Å². The van der Waals surface area contributed by atoms with Crippen LogP contribution in [0.4, 0.5) is 5.69 Å². The fraction of sp³-hybridized carbons (Fsp3) is 0.278. The van der Waals surface area contributed by atoms with Crippen LogP contribution in [-0.4, -0.2) is 19.6 Å². The number of nitrogens with one attached hydrogen (secondary N) is 1. The van der Waals surface area contributed by atoms with Gasteiger partial charge < -0.3 is 14.8 Å². The van der Waals surface area contributed by atoms with Gasteiger partial charge in [0.05, 0.1) is 12.1 Å². The van der Waals surface area contributed by atoms with Crippen LogP contribution in [0.1, 0.15) is 25.3 Å². The second-order valence-corrected chi connectivity index (χ2v) is 6.85. The zero-order chi connectivity index (χ0) is 17.7. The first-order chi connectivity index (χ1) is 11.4. The summed E-state index contributed by atoms with van der Waals surface area (Å²) in [7, 11) is 1.54. The predicted molar refractivity (Wildman–Crippen MR) is 100 cm³/mol. The van der Waals surface area contributed by atoms with Gasteiger partial charge in [0.25, 0.3) is 5.91 Å². The standard InChI is InChI=1S/C18H19BrClNO3/c1-11(2)14-8-12(19)4-6-16(14)24-10-18(22)21-13-5-7-17(23-3)15(20)9-13/h4-9,11H,10H2,1-3H3,(H,21,22). The minimum absolute atomic E-state index is 0.0784. The largest absolute Gasteiger partial charge is 0.495 e. The number of amides is 1.